The molecule has 1 aliphatic carbocycles. The van der Waals surface area contributed by atoms with Crippen molar-refractivity contribution in [1.82, 2.24) is 20.2 Å². The number of nitrogen functional groups attached to an aromatic ring is 1. The molecule has 0 amide bonds. The number of aromatic nitrogens is 4. The highest BCUT2D eigenvalue weighted by Gasteiger charge is 2.26. The smallest absolute Gasteiger partial charge is 0.182 e. The van der Waals surface area contributed by atoms with Crippen molar-refractivity contribution in [3.8, 4) is 11.4 Å². The van der Waals surface area contributed by atoms with Crippen molar-refractivity contribution in [3.05, 3.63) is 23.2 Å². The number of nitrogens with two attached hydrogens (primary N) is 1. The zero-order chi connectivity index (χ0) is 13.4. The first-order valence-corrected chi connectivity index (χ1v) is 6.86. The van der Waals surface area contributed by atoms with E-state index in [0.29, 0.717) is 16.8 Å². The Morgan fingerprint density at radius 2 is 2.21 bits per heavy atom. The first-order chi connectivity index (χ1) is 9.15. The normalized spacial score (nSPS) is 22.8. The van der Waals surface area contributed by atoms with Gasteiger partial charge in [0.15, 0.2) is 5.82 Å². The zero-order valence-corrected chi connectivity index (χ0v) is 11.5. The number of anilines is 1. The highest BCUT2D eigenvalue weighted by molar-refractivity contribution is 6.33. The van der Waals surface area contributed by atoms with Crippen LogP contribution in [0.25, 0.3) is 11.4 Å². The van der Waals surface area contributed by atoms with Crippen LogP contribution in [0.3, 0.4) is 0 Å². The summed E-state index contributed by atoms with van der Waals surface area (Å²) in [5.41, 5.74) is 7.20. The summed E-state index contributed by atoms with van der Waals surface area (Å²) in [6, 6.07) is 5.89. The molecule has 6 heteroatoms. The lowest BCUT2D eigenvalue weighted by molar-refractivity contribution is 0.443. The Kier molecular flexibility index (Phi) is 3.14. The number of hydrogen-bond donors (Lipinski definition) is 1. The molecule has 19 heavy (non-hydrogen) atoms. The average molecular weight is 278 g/mol. The molecule has 1 aromatic carbocycles. The van der Waals surface area contributed by atoms with Crippen molar-refractivity contribution in [3.63, 3.8) is 0 Å². The van der Waals surface area contributed by atoms with Gasteiger partial charge in [0.2, 0.25) is 0 Å². The molecule has 1 fully saturated rings. The average Bonchev–Trinajstić information content (AvgIpc) is 3.00. The van der Waals surface area contributed by atoms with Crippen molar-refractivity contribution in [2.45, 2.75) is 32.2 Å². The van der Waals surface area contributed by atoms with Gasteiger partial charge in [-0.05, 0) is 53.8 Å². The predicted molar refractivity (Wildman–Crippen MR) is 74.7 cm³/mol. The lowest BCUT2D eigenvalue weighted by Crippen LogP contribution is -2.09. The van der Waals surface area contributed by atoms with E-state index in [0.717, 1.165) is 30.1 Å². The molecular weight excluding hydrogens is 262 g/mol. The summed E-state index contributed by atoms with van der Waals surface area (Å²) < 4.78 is 1.92. The minimum absolute atomic E-state index is 0.385. The van der Waals surface area contributed by atoms with E-state index >= 15 is 0 Å². The highest BCUT2D eigenvalue weighted by atomic mass is 35.5. The standard InChI is InChI=1S/C13H16ClN5/c1-8-2-4-10(6-8)19-13(16-17-18-19)9-3-5-12(15)11(14)7-9/h3,5,7-8,10H,2,4,6,15H2,1H3. The minimum atomic E-state index is 0.385. The summed E-state index contributed by atoms with van der Waals surface area (Å²) in [5, 5.41) is 12.6. The van der Waals surface area contributed by atoms with E-state index in [9.17, 15) is 0 Å². The van der Waals surface area contributed by atoms with Gasteiger partial charge in [-0.15, -0.1) is 5.10 Å². The van der Waals surface area contributed by atoms with Gasteiger partial charge in [0.05, 0.1) is 16.8 Å². The van der Waals surface area contributed by atoms with Crippen molar-refractivity contribution < 1.29 is 0 Å². The molecule has 100 valence electrons. The largest absolute Gasteiger partial charge is 0.398 e. The summed E-state index contributed by atoms with van der Waals surface area (Å²) in [5.74, 6) is 1.50. The van der Waals surface area contributed by atoms with Crippen molar-refractivity contribution in [2.24, 2.45) is 5.92 Å². The van der Waals surface area contributed by atoms with E-state index in [2.05, 4.69) is 22.4 Å². The SMILES string of the molecule is CC1CCC(n2nnnc2-c2ccc(N)c(Cl)c2)C1. The third-order valence-corrected chi connectivity index (χ3v) is 4.09. The molecule has 0 saturated heterocycles. The van der Waals surface area contributed by atoms with E-state index in [1.165, 1.54) is 6.42 Å². The minimum Gasteiger partial charge on any atom is -0.398 e. The summed E-state index contributed by atoms with van der Waals surface area (Å²) in [6.07, 6.45) is 3.48. The van der Waals surface area contributed by atoms with Gasteiger partial charge in [0.25, 0.3) is 0 Å². The van der Waals surface area contributed by atoms with Crippen LogP contribution in [0, 0.1) is 5.92 Å². The third-order valence-electron chi connectivity index (χ3n) is 3.76. The number of benzene rings is 1. The van der Waals surface area contributed by atoms with Crippen molar-refractivity contribution >= 4 is 17.3 Å². The second-order valence-electron chi connectivity index (χ2n) is 5.26. The lowest BCUT2D eigenvalue weighted by atomic mass is 10.1. The Bertz CT molecular complexity index is 594. The molecule has 1 saturated carbocycles. The van der Waals surface area contributed by atoms with Crippen LogP contribution in [0.15, 0.2) is 18.2 Å². The molecule has 0 spiro atoms. The molecule has 0 aliphatic heterocycles. The number of rotatable bonds is 2. The van der Waals surface area contributed by atoms with Gasteiger partial charge in [-0.25, -0.2) is 4.68 Å². The predicted octanol–water partition coefficient (Wildman–Crippen LogP) is 2.94. The van der Waals surface area contributed by atoms with Gasteiger partial charge in [0, 0.05) is 5.56 Å². The third kappa shape index (κ3) is 2.30. The maximum absolute atomic E-state index is 6.06. The molecule has 0 radical (unpaired) electrons. The van der Waals surface area contributed by atoms with Gasteiger partial charge >= 0.3 is 0 Å². The first kappa shape index (κ1) is 12.4. The molecule has 2 unspecified atom stereocenters. The molecule has 1 aliphatic rings. The fourth-order valence-corrected chi connectivity index (χ4v) is 2.88. The topological polar surface area (TPSA) is 69.6 Å². The van der Waals surface area contributed by atoms with E-state index in [4.69, 9.17) is 17.3 Å². The maximum atomic E-state index is 6.06. The maximum Gasteiger partial charge on any atom is 0.182 e. The second kappa shape index (κ2) is 4.81. The van der Waals surface area contributed by atoms with Crippen LogP contribution in [-0.4, -0.2) is 20.2 Å². The highest BCUT2D eigenvalue weighted by Crippen LogP contribution is 2.36. The van der Waals surface area contributed by atoms with Crippen LogP contribution in [0.4, 0.5) is 5.69 Å². The molecule has 2 aromatic rings. The summed E-state index contributed by atoms with van der Waals surface area (Å²) in [6.45, 7) is 2.27. The van der Waals surface area contributed by atoms with Crippen molar-refractivity contribution in [1.29, 1.82) is 0 Å². The van der Waals surface area contributed by atoms with Crippen LogP contribution in [0.1, 0.15) is 32.2 Å². The van der Waals surface area contributed by atoms with Crippen LogP contribution in [-0.2, 0) is 0 Å². The van der Waals surface area contributed by atoms with Gasteiger partial charge in [-0.3, -0.25) is 0 Å². The summed E-state index contributed by atoms with van der Waals surface area (Å²) >= 11 is 6.06. The Morgan fingerprint density at radius 3 is 2.89 bits per heavy atom. The first-order valence-electron chi connectivity index (χ1n) is 6.48. The Labute approximate surface area is 116 Å². The van der Waals surface area contributed by atoms with E-state index in [1.807, 2.05) is 16.8 Å². The van der Waals surface area contributed by atoms with Crippen LogP contribution in [0.5, 0.6) is 0 Å². The van der Waals surface area contributed by atoms with Crippen molar-refractivity contribution in [2.75, 3.05) is 5.73 Å². The molecule has 3 rings (SSSR count). The van der Waals surface area contributed by atoms with Gasteiger partial charge < -0.3 is 5.73 Å². The molecule has 1 heterocycles. The van der Waals surface area contributed by atoms with Crippen LogP contribution >= 0.6 is 11.6 Å². The van der Waals surface area contributed by atoms with E-state index in [1.54, 1.807) is 6.07 Å². The van der Waals surface area contributed by atoms with Gasteiger partial charge in [-0.2, -0.15) is 0 Å². The Balaban J connectivity index is 1.97. The molecule has 2 atom stereocenters. The fourth-order valence-electron chi connectivity index (χ4n) is 2.70. The Morgan fingerprint density at radius 1 is 1.37 bits per heavy atom. The molecular formula is C13H16ClN5. The number of tetrazole rings is 1. The van der Waals surface area contributed by atoms with Gasteiger partial charge in [0.1, 0.15) is 0 Å². The lowest BCUT2D eigenvalue weighted by Gasteiger charge is -2.12. The monoisotopic (exact) mass is 277 g/mol. The quantitative estimate of drug-likeness (QED) is 0.857. The summed E-state index contributed by atoms with van der Waals surface area (Å²) in [7, 11) is 0. The second-order valence-corrected chi connectivity index (χ2v) is 5.66. The number of hydrogen-bond acceptors (Lipinski definition) is 4. The molecule has 1 aromatic heterocycles. The van der Waals surface area contributed by atoms with E-state index < -0.39 is 0 Å². The zero-order valence-electron chi connectivity index (χ0n) is 10.8. The fraction of sp³-hybridized carbons (Fsp3) is 0.462. The Hall–Kier alpha value is -1.62. The summed E-state index contributed by atoms with van der Waals surface area (Å²) in [4.78, 5) is 0. The molecule has 5 nitrogen and oxygen atoms in total. The van der Waals surface area contributed by atoms with Crippen LogP contribution < -0.4 is 5.73 Å². The van der Waals surface area contributed by atoms with E-state index in [-0.39, 0.29) is 0 Å². The number of halogens is 1. The molecule has 0 bridgehead atoms. The van der Waals surface area contributed by atoms with Crippen LogP contribution in [0.2, 0.25) is 5.02 Å². The van der Waals surface area contributed by atoms with Gasteiger partial charge in [-0.1, -0.05) is 18.5 Å². The molecule has 2 N–H and O–H groups in total. The number of nitrogens with zero attached hydrogens (tertiary/aromatic N) is 4.